The number of carbonyl (C=O) groups excluding carboxylic acids is 1. The standard InChI is InChI=1S/C17H16N4O4/c1-25-12-6-4-11(5-7-12)9-21-16(23)15-13(3-2-8-19-15)20(17(21)24)10-14(18)22/h2-8H,9-10H2,1H3,(H2,18,22). The van der Waals surface area contributed by atoms with E-state index in [2.05, 4.69) is 4.98 Å². The van der Waals surface area contributed by atoms with E-state index in [-0.39, 0.29) is 24.1 Å². The highest BCUT2D eigenvalue weighted by Crippen LogP contribution is 2.12. The first-order chi connectivity index (χ1) is 12.0. The molecule has 8 nitrogen and oxygen atoms in total. The number of hydrogen-bond donors (Lipinski definition) is 1. The molecule has 0 radical (unpaired) electrons. The lowest BCUT2D eigenvalue weighted by atomic mass is 10.2. The molecule has 0 bridgehead atoms. The third kappa shape index (κ3) is 3.14. The van der Waals surface area contributed by atoms with Crippen LogP contribution in [0.3, 0.4) is 0 Å². The minimum atomic E-state index is -0.679. The van der Waals surface area contributed by atoms with Gasteiger partial charge in [0.05, 0.1) is 19.2 Å². The molecule has 0 aliphatic carbocycles. The van der Waals surface area contributed by atoms with Gasteiger partial charge in [-0.25, -0.2) is 9.78 Å². The second kappa shape index (κ2) is 6.60. The minimum absolute atomic E-state index is 0.0485. The van der Waals surface area contributed by atoms with Crippen molar-refractivity contribution >= 4 is 16.9 Å². The highest BCUT2D eigenvalue weighted by Gasteiger charge is 2.15. The fourth-order valence-corrected chi connectivity index (χ4v) is 2.60. The van der Waals surface area contributed by atoms with Crippen molar-refractivity contribution < 1.29 is 9.53 Å². The average molecular weight is 340 g/mol. The van der Waals surface area contributed by atoms with Gasteiger partial charge in [-0.2, -0.15) is 0 Å². The number of pyridine rings is 1. The van der Waals surface area contributed by atoms with Crippen molar-refractivity contribution in [3.63, 3.8) is 0 Å². The summed E-state index contributed by atoms with van der Waals surface area (Å²) in [5.41, 5.74) is 5.23. The topological polar surface area (TPSA) is 109 Å². The average Bonchev–Trinajstić information content (AvgIpc) is 2.62. The normalized spacial score (nSPS) is 10.8. The predicted molar refractivity (Wildman–Crippen MR) is 91.6 cm³/mol. The number of nitrogens with two attached hydrogens (primary N) is 1. The van der Waals surface area contributed by atoms with Gasteiger partial charge in [0.1, 0.15) is 12.3 Å². The molecule has 0 unspecified atom stereocenters. The van der Waals surface area contributed by atoms with Gasteiger partial charge in [0.15, 0.2) is 5.52 Å². The van der Waals surface area contributed by atoms with Crippen molar-refractivity contribution in [1.82, 2.24) is 14.1 Å². The summed E-state index contributed by atoms with van der Waals surface area (Å²) in [5.74, 6) is -0.00989. The largest absolute Gasteiger partial charge is 0.497 e. The van der Waals surface area contributed by atoms with Crippen molar-refractivity contribution in [2.24, 2.45) is 5.73 Å². The fourth-order valence-electron chi connectivity index (χ4n) is 2.60. The van der Waals surface area contributed by atoms with Gasteiger partial charge in [-0.1, -0.05) is 12.1 Å². The lowest BCUT2D eigenvalue weighted by molar-refractivity contribution is -0.118. The Balaban J connectivity index is 2.18. The second-order valence-corrected chi connectivity index (χ2v) is 5.45. The van der Waals surface area contributed by atoms with Crippen LogP contribution < -0.4 is 21.7 Å². The van der Waals surface area contributed by atoms with Crippen LogP contribution in [0.1, 0.15) is 5.56 Å². The Morgan fingerprint density at radius 3 is 2.52 bits per heavy atom. The van der Waals surface area contributed by atoms with E-state index in [1.807, 2.05) is 0 Å². The van der Waals surface area contributed by atoms with Gasteiger partial charge in [0.2, 0.25) is 5.91 Å². The highest BCUT2D eigenvalue weighted by molar-refractivity contribution is 5.78. The van der Waals surface area contributed by atoms with E-state index in [0.29, 0.717) is 5.75 Å². The van der Waals surface area contributed by atoms with Crippen LogP contribution in [0.2, 0.25) is 0 Å². The zero-order valence-corrected chi connectivity index (χ0v) is 13.5. The summed E-state index contributed by atoms with van der Waals surface area (Å²) in [7, 11) is 1.55. The van der Waals surface area contributed by atoms with E-state index in [4.69, 9.17) is 10.5 Å². The molecule has 3 aromatic rings. The maximum absolute atomic E-state index is 12.7. The molecule has 3 rings (SSSR count). The number of aromatic nitrogens is 3. The molecule has 2 aromatic heterocycles. The van der Waals surface area contributed by atoms with Crippen molar-refractivity contribution in [2.75, 3.05) is 7.11 Å². The van der Waals surface area contributed by atoms with Crippen LogP contribution in [0.4, 0.5) is 0 Å². The van der Waals surface area contributed by atoms with Crippen LogP contribution in [0.25, 0.3) is 11.0 Å². The maximum atomic E-state index is 12.7. The number of rotatable bonds is 5. The summed E-state index contributed by atoms with van der Waals surface area (Å²) < 4.78 is 7.30. The summed E-state index contributed by atoms with van der Waals surface area (Å²) in [6, 6.07) is 10.1. The monoisotopic (exact) mass is 340 g/mol. The van der Waals surface area contributed by atoms with Crippen LogP contribution in [-0.4, -0.2) is 27.1 Å². The molecule has 0 saturated carbocycles. The van der Waals surface area contributed by atoms with Gasteiger partial charge < -0.3 is 10.5 Å². The fraction of sp³-hybridized carbons (Fsp3) is 0.176. The van der Waals surface area contributed by atoms with Crippen molar-refractivity contribution in [2.45, 2.75) is 13.1 Å². The molecule has 8 heteroatoms. The molecule has 2 heterocycles. The molecule has 0 spiro atoms. The predicted octanol–water partition coefficient (Wildman–Crippen LogP) is 0.100. The van der Waals surface area contributed by atoms with Gasteiger partial charge in [-0.15, -0.1) is 0 Å². The van der Waals surface area contributed by atoms with Crippen LogP contribution in [0, 0.1) is 0 Å². The third-order valence-corrected chi connectivity index (χ3v) is 3.80. The van der Waals surface area contributed by atoms with Gasteiger partial charge in [-0.05, 0) is 29.8 Å². The third-order valence-electron chi connectivity index (χ3n) is 3.80. The molecule has 0 aliphatic rings. The number of benzene rings is 1. The van der Waals surface area contributed by atoms with E-state index in [0.717, 1.165) is 14.7 Å². The van der Waals surface area contributed by atoms with Gasteiger partial charge >= 0.3 is 5.69 Å². The number of methoxy groups -OCH3 is 1. The number of carbonyl (C=O) groups is 1. The summed E-state index contributed by atoms with van der Waals surface area (Å²) >= 11 is 0. The lowest BCUT2D eigenvalue weighted by Crippen LogP contribution is -2.42. The highest BCUT2D eigenvalue weighted by atomic mass is 16.5. The molecular weight excluding hydrogens is 324 g/mol. The first kappa shape index (κ1) is 16.4. The van der Waals surface area contributed by atoms with E-state index in [1.54, 1.807) is 43.5 Å². The summed E-state index contributed by atoms with van der Waals surface area (Å²) in [6.07, 6.45) is 1.46. The second-order valence-electron chi connectivity index (χ2n) is 5.45. The minimum Gasteiger partial charge on any atom is -0.497 e. The quantitative estimate of drug-likeness (QED) is 0.708. The van der Waals surface area contributed by atoms with Crippen LogP contribution >= 0.6 is 0 Å². The first-order valence-corrected chi connectivity index (χ1v) is 7.51. The number of nitrogens with zero attached hydrogens (tertiary/aromatic N) is 3. The molecule has 2 N–H and O–H groups in total. The number of fused-ring (bicyclic) bond motifs is 1. The number of hydrogen-bond acceptors (Lipinski definition) is 5. The van der Waals surface area contributed by atoms with Crippen molar-refractivity contribution in [1.29, 1.82) is 0 Å². The zero-order valence-electron chi connectivity index (χ0n) is 13.5. The number of ether oxygens (including phenoxy) is 1. The molecule has 0 atom stereocenters. The van der Waals surface area contributed by atoms with Gasteiger partial charge in [0.25, 0.3) is 5.56 Å². The SMILES string of the molecule is COc1ccc(Cn2c(=O)c3ncccc3n(CC(N)=O)c2=O)cc1. The molecule has 1 aromatic carbocycles. The van der Waals surface area contributed by atoms with E-state index < -0.39 is 17.2 Å². The maximum Gasteiger partial charge on any atom is 0.332 e. The summed E-state index contributed by atoms with van der Waals surface area (Å²) in [4.78, 5) is 40.8. The smallest absolute Gasteiger partial charge is 0.332 e. The Hall–Kier alpha value is -3.42. The van der Waals surface area contributed by atoms with E-state index >= 15 is 0 Å². The Kier molecular flexibility index (Phi) is 4.34. The van der Waals surface area contributed by atoms with Crippen LogP contribution in [0.5, 0.6) is 5.75 Å². The molecule has 25 heavy (non-hydrogen) atoms. The Bertz CT molecular complexity index is 1050. The molecule has 1 amide bonds. The Labute approximate surface area is 142 Å². The first-order valence-electron chi connectivity index (χ1n) is 7.51. The van der Waals surface area contributed by atoms with Gasteiger partial charge in [0, 0.05) is 6.20 Å². The number of amides is 1. The van der Waals surface area contributed by atoms with Crippen molar-refractivity contribution in [3.8, 4) is 5.75 Å². The molecule has 0 fully saturated rings. The Morgan fingerprint density at radius 1 is 1.16 bits per heavy atom. The molecule has 128 valence electrons. The van der Waals surface area contributed by atoms with Crippen LogP contribution in [-0.2, 0) is 17.9 Å². The zero-order chi connectivity index (χ0) is 18.0. The molecule has 0 saturated heterocycles. The number of primary amides is 1. The van der Waals surface area contributed by atoms with Crippen LogP contribution in [0.15, 0.2) is 52.2 Å². The van der Waals surface area contributed by atoms with Gasteiger partial charge in [-0.3, -0.25) is 18.7 Å². The Morgan fingerprint density at radius 2 is 1.88 bits per heavy atom. The summed E-state index contributed by atoms with van der Waals surface area (Å²) in [6.45, 7) is -0.281. The summed E-state index contributed by atoms with van der Waals surface area (Å²) in [5, 5.41) is 0. The van der Waals surface area contributed by atoms with Crippen molar-refractivity contribution in [3.05, 3.63) is 69.0 Å². The molecular formula is C17H16N4O4. The lowest BCUT2D eigenvalue weighted by Gasteiger charge is -2.12. The molecule has 0 aliphatic heterocycles. The van der Waals surface area contributed by atoms with E-state index in [1.165, 1.54) is 6.20 Å². The van der Waals surface area contributed by atoms with E-state index in [9.17, 15) is 14.4 Å².